The molecule has 0 N–H and O–H groups in total. The topological polar surface area (TPSA) is 107 Å². The van der Waals surface area contributed by atoms with Crippen LogP contribution in [-0.4, -0.2) is 62.5 Å². The van der Waals surface area contributed by atoms with Crippen molar-refractivity contribution in [1.82, 2.24) is 0 Å². The maximum atomic E-state index is 12.2. The molecule has 0 spiro atoms. The zero-order valence-electron chi connectivity index (χ0n) is 23.4. The second kappa shape index (κ2) is 13.5. The lowest BCUT2D eigenvalue weighted by atomic mass is 9.70. The van der Waals surface area contributed by atoms with Gasteiger partial charge in [-0.25, -0.2) is 0 Å². The Morgan fingerprint density at radius 1 is 0.610 bits per heavy atom. The molecular formula is C32H34O9. The third-order valence-electron chi connectivity index (χ3n) is 6.85. The fourth-order valence-corrected chi connectivity index (χ4v) is 5.19. The van der Waals surface area contributed by atoms with Crippen LogP contribution in [0.5, 0.6) is 0 Å². The summed E-state index contributed by atoms with van der Waals surface area (Å²) in [6, 6.07) is 29.7. The molecule has 0 aromatic heterocycles. The van der Waals surface area contributed by atoms with Crippen molar-refractivity contribution in [3.8, 4) is 0 Å². The van der Waals surface area contributed by atoms with E-state index in [-0.39, 0.29) is 6.61 Å². The van der Waals surface area contributed by atoms with Crippen LogP contribution in [0.1, 0.15) is 37.5 Å². The molecule has 1 aliphatic rings. The summed E-state index contributed by atoms with van der Waals surface area (Å²) < 4.78 is 34.6. The van der Waals surface area contributed by atoms with Crippen molar-refractivity contribution in [3.05, 3.63) is 108 Å². The molecule has 1 fully saturated rings. The first-order chi connectivity index (χ1) is 19.8. The van der Waals surface area contributed by atoms with Crippen LogP contribution in [0.2, 0.25) is 0 Å². The predicted molar refractivity (Wildman–Crippen MR) is 147 cm³/mol. The second-order valence-corrected chi connectivity index (χ2v) is 9.65. The minimum Gasteiger partial charge on any atom is -0.454 e. The SMILES string of the molecule is COC1OC(OCC(c2ccccc2)(c2ccccc2)c2ccccc2)C(OC(C)=O)C(OC(C)=O)C1OC(C)=O. The molecule has 5 unspecified atom stereocenters. The van der Waals surface area contributed by atoms with Gasteiger partial charge in [-0.3, -0.25) is 14.4 Å². The van der Waals surface area contributed by atoms with E-state index in [1.165, 1.54) is 27.9 Å². The van der Waals surface area contributed by atoms with E-state index in [4.69, 9.17) is 28.4 Å². The fourth-order valence-electron chi connectivity index (χ4n) is 5.19. The minimum atomic E-state index is -1.27. The summed E-state index contributed by atoms with van der Waals surface area (Å²) in [7, 11) is 1.36. The van der Waals surface area contributed by atoms with Crippen LogP contribution < -0.4 is 0 Å². The molecule has 4 rings (SSSR count). The molecule has 3 aromatic rings. The van der Waals surface area contributed by atoms with Gasteiger partial charge in [-0.2, -0.15) is 0 Å². The molecule has 41 heavy (non-hydrogen) atoms. The van der Waals surface area contributed by atoms with Gasteiger partial charge in [0.05, 0.1) is 12.0 Å². The number of rotatable bonds is 10. The molecule has 9 heteroatoms. The van der Waals surface area contributed by atoms with E-state index in [2.05, 4.69) is 0 Å². The van der Waals surface area contributed by atoms with Crippen LogP contribution >= 0.6 is 0 Å². The van der Waals surface area contributed by atoms with Gasteiger partial charge in [0.25, 0.3) is 0 Å². The number of esters is 3. The van der Waals surface area contributed by atoms with Crippen molar-refractivity contribution in [2.75, 3.05) is 13.7 Å². The summed E-state index contributed by atoms with van der Waals surface area (Å²) in [6.07, 6.45) is -6.18. The quantitative estimate of drug-likeness (QED) is 0.205. The summed E-state index contributed by atoms with van der Waals surface area (Å²) in [5.41, 5.74) is 2.04. The lowest BCUT2D eigenvalue weighted by Crippen LogP contribution is -2.62. The van der Waals surface area contributed by atoms with Crippen molar-refractivity contribution in [1.29, 1.82) is 0 Å². The molecule has 0 saturated carbocycles. The number of ether oxygens (including phenoxy) is 6. The molecule has 0 bridgehead atoms. The Morgan fingerprint density at radius 2 is 0.976 bits per heavy atom. The Morgan fingerprint density at radius 3 is 1.34 bits per heavy atom. The maximum Gasteiger partial charge on any atom is 0.303 e. The van der Waals surface area contributed by atoms with Gasteiger partial charge in [-0.05, 0) is 16.7 Å². The van der Waals surface area contributed by atoms with Crippen LogP contribution in [-0.2, 0) is 48.2 Å². The van der Waals surface area contributed by atoms with Gasteiger partial charge in [-0.15, -0.1) is 0 Å². The highest BCUT2D eigenvalue weighted by Gasteiger charge is 2.53. The Kier molecular flexibility index (Phi) is 9.88. The fraction of sp³-hybridized carbons (Fsp3) is 0.344. The van der Waals surface area contributed by atoms with E-state index in [1.807, 2.05) is 91.0 Å². The molecule has 3 aromatic carbocycles. The first-order valence-electron chi connectivity index (χ1n) is 13.2. The van der Waals surface area contributed by atoms with Crippen molar-refractivity contribution in [2.45, 2.75) is 57.1 Å². The third kappa shape index (κ3) is 6.82. The Balaban J connectivity index is 1.80. The van der Waals surface area contributed by atoms with E-state index in [9.17, 15) is 14.4 Å². The largest absolute Gasteiger partial charge is 0.454 e. The highest BCUT2D eigenvalue weighted by Crippen LogP contribution is 2.41. The number of hydrogen-bond donors (Lipinski definition) is 0. The monoisotopic (exact) mass is 562 g/mol. The molecule has 5 atom stereocenters. The maximum absolute atomic E-state index is 12.2. The Hall–Kier alpha value is -4.05. The average molecular weight is 563 g/mol. The minimum absolute atomic E-state index is 0.0366. The van der Waals surface area contributed by atoms with Crippen LogP contribution in [0, 0.1) is 0 Å². The number of benzene rings is 3. The molecule has 1 saturated heterocycles. The van der Waals surface area contributed by atoms with E-state index >= 15 is 0 Å². The number of carbonyl (C=O) groups is 3. The Labute approximate surface area is 239 Å². The van der Waals surface area contributed by atoms with Crippen LogP contribution in [0.3, 0.4) is 0 Å². The summed E-state index contributed by atoms with van der Waals surface area (Å²) in [6.45, 7) is 3.66. The highest BCUT2D eigenvalue weighted by atomic mass is 16.8. The summed E-state index contributed by atoms with van der Waals surface area (Å²) in [4.78, 5) is 36.3. The van der Waals surface area contributed by atoms with Gasteiger partial charge < -0.3 is 28.4 Å². The molecule has 0 aliphatic carbocycles. The number of hydrogen-bond acceptors (Lipinski definition) is 9. The van der Waals surface area contributed by atoms with Crippen LogP contribution in [0.15, 0.2) is 91.0 Å². The van der Waals surface area contributed by atoms with Crippen molar-refractivity contribution < 1.29 is 42.8 Å². The smallest absolute Gasteiger partial charge is 0.303 e. The normalized spacial score (nSPS) is 22.4. The molecular weight excluding hydrogens is 528 g/mol. The van der Waals surface area contributed by atoms with Crippen LogP contribution in [0.25, 0.3) is 0 Å². The zero-order valence-corrected chi connectivity index (χ0v) is 23.4. The first-order valence-corrected chi connectivity index (χ1v) is 13.2. The van der Waals surface area contributed by atoms with E-state index in [0.29, 0.717) is 0 Å². The summed E-state index contributed by atoms with van der Waals surface area (Å²) >= 11 is 0. The number of methoxy groups -OCH3 is 1. The van der Waals surface area contributed by atoms with Gasteiger partial charge in [0.2, 0.25) is 12.6 Å². The lowest BCUT2D eigenvalue weighted by molar-refractivity contribution is -0.349. The first kappa shape index (κ1) is 29.9. The van der Waals surface area contributed by atoms with Gasteiger partial charge in [0.1, 0.15) is 0 Å². The molecule has 1 aliphatic heterocycles. The van der Waals surface area contributed by atoms with Gasteiger partial charge in [-0.1, -0.05) is 91.0 Å². The molecule has 1 heterocycles. The average Bonchev–Trinajstić information content (AvgIpc) is 2.97. The van der Waals surface area contributed by atoms with Crippen LogP contribution in [0.4, 0.5) is 0 Å². The molecule has 216 valence electrons. The molecule has 0 amide bonds. The zero-order chi connectivity index (χ0) is 29.4. The molecule has 9 nitrogen and oxygen atoms in total. The second-order valence-electron chi connectivity index (χ2n) is 9.65. The van der Waals surface area contributed by atoms with E-state index in [0.717, 1.165) is 16.7 Å². The van der Waals surface area contributed by atoms with Crippen molar-refractivity contribution in [3.63, 3.8) is 0 Å². The summed E-state index contributed by atoms with van der Waals surface area (Å²) in [5.74, 6) is -2.00. The van der Waals surface area contributed by atoms with Crippen molar-refractivity contribution >= 4 is 17.9 Å². The van der Waals surface area contributed by atoms with Gasteiger partial charge in [0.15, 0.2) is 18.3 Å². The standard InChI is InChI=1S/C32H34O9/c1-21(33)38-27-28(39-22(2)34)30(36-4)41-31(29(27)40-23(3)35)37-20-32(24-14-8-5-9-15-24,25-16-10-6-11-17-25)26-18-12-7-13-19-26/h5-19,27-31H,20H2,1-4H3. The number of carbonyl (C=O) groups excluding carboxylic acids is 3. The summed E-state index contributed by atoms with van der Waals surface area (Å²) in [5, 5.41) is 0. The molecule has 0 radical (unpaired) electrons. The lowest BCUT2D eigenvalue weighted by Gasteiger charge is -2.45. The van der Waals surface area contributed by atoms with E-state index < -0.39 is 54.2 Å². The van der Waals surface area contributed by atoms with Gasteiger partial charge >= 0.3 is 17.9 Å². The highest BCUT2D eigenvalue weighted by molar-refractivity contribution is 5.68. The van der Waals surface area contributed by atoms with E-state index in [1.54, 1.807) is 0 Å². The predicted octanol–water partition coefficient (Wildman–Crippen LogP) is 4.16. The van der Waals surface area contributed by atoms with Crippen molar-refractivity contribution in [2.24, 2.45) is 0 Å². The van der Waals surface area contributed by atoms with Gasteiger partial charge in [0, 0.05) is 27.9 Å². The Bertz CT molecular complexity index is 1200. The third-order valence-corrected chi connectivity index (χ3v) is 6.85.